The van der Waals surface area contributed by atoms with E-state index in [4.69, 9.17) is 9.47 Å². The molecule has 1 aliphatic rings. The van der Waals surface area contributed by atoms with Crippen LogP contribution in [0.15, 0.2) is 60.8 Å². The van der Waals surface area contributed by atoms with Crippen molar-refractivity contribution < 1.29 is 14.3 Å². The number of pyridine rings is 1. The molecule has 0 saturated carbocycles. The number of carbonyl (C=O) groups is 1. The maximum atomic E-state index is 12.9. The largest absolute Gasteiger partial charge is 0.489 e. The van der Waals surface area contributed by atoms with Crippen LogP contribution in [-0.2, 0) is 23.4 Å². The van der Waals surface area contributed by atoms with Crippen molar-refractivity contribution in [3.8, 4) is 5.75 Å². The van der Waals surface area contributed by atoms with Crippen LogP contribution < -0.4 is 4.74 Å². The Morgan fingerprint density at radius 1 is 1.00 bits per heavy atom. The van der Waals surface area contributed by atoms with Gasteiger partial charge in [-0.3, -0.25) is 9.78 Å². The van der Waals surface area contributed by atoms with Crippen LogP contribution in [0.3, 0.4) is 0 Å². The van der Waals surface area contributed by atoms with E-state index in [0.717, 1.165) is 22.4 Å². The molecule has 0 bridgehead atoms. The lowest BCUT2D eigenvalue weighted by atomic mass is 9.75. The molecule has 5 nitrogen and oxygen atoms in total. The molecule has 1 saturated heterocycles. The molecule has 1 amide bonds. The first-order chi connectivity index (χ1) is 15.4. The number of likely N-dealkylation sites (tertiary alicyclic amines) is 1. The fourth-order valence-corrected chi connectivity index (χ4v) is 4.16. The van der Waals surface area contributed by atoms with Gasteiger partial charge in [0.05, 0.1) is 6.61 Å². The van der Waals surface area contributed by atoms with Crippen molar-refractivity contribution in [2.24, 2.45) is 0 Å². The lowest BCUT2D eigenvalue weighted by Crippen LogP contribution is -2.59. The minimum Gasteiger partial charge on any atom is -0.489 e. The zero-order chi connectivity index (χ0) is 22.7. The highest BCUT2D eigenvalue weighted by Gasteiger charge is 2.43. The quantitative estimate of drug-likeness (QED) is 0.538. The maximum absolute atomic E-state index is 12.9. The topological polar surface area (TPSA) is 51.7 Å². The molecule has 1 aromatic heterocycles. The predicted molar refractivity (Wildman–Crippen MR) is 125 cm³/mol. The van der Waals surface area contributed by atoms with E-state index in [1.807, 2.05) is 23.1 Å². The van der Waals surface area contributed by atoms with Crippen molar-refractivity contribution >= 4 is 5.91 Å². The van der Waals surface area contributed by atoms with Gasteiger partial charge in [0.25, 0.3) is 5.91 Å². The van der Waals surface area contributed by atoms with E-state index in [1.165, 1.54) is 11.1 Å². The normalized spacial score (nSPS) is 14.7. The highest BCUT2D eigenvalue weighted by atomic mass is 16.5. The molecule has 166 valence electrons. The van der Waals surface area contributed by atoms with Crippen LogP contribution in [0.1, 0.15) is 45.2 Å². The maximum Gasteiger partial charge on any atom is 0.272 e. The van der Waals surface area contributed by atoms with Gasteiger partial charge in [0.1, 0.15) is 18.1 Å². The van der Waals surface area contributed by atoms with Crippen LogP contribution in [0.2, 0.25) is 0 Å². The second-order valence-electron chi connectivity index (χ2n) is 8.96. The molecule has 2 heterocycles. The highest BCUT2D eigenvalue weighted by molar-refractivity contribution is 5.93. The third-order valence-electron chi connectivity index (χ3n) is 6.11. The van der Waals surface area contributed by atoms with Gasteiger partial charge < -0.3 is 14.4 Å². The number of rotatable bonds is 7. The fourth-order valence-electron chi connectivity index (χ4n) is 4.16. The zero-order valence-electron chi connectivity index (χ0n) is 19.2. The summed E-state index contributed by atoms with van der Waals surface area (Å²) in [6, 6.07) is 18.4. The summed E-state index contributed by atoms with van der Waals surface area (Å²) in [5.41, 5.74) is 6.08. The van der Waals surface area contributed by atoms with Gasteiger partial charge in [0, 0.05) is 31.8 Å². The summed E-state index contributed by atoms with van der Waals surface area (Å²) in [5.74, 6) is 0.861. The number of aromatic nitrogens is 1. The minimum absolute atomic E-state index is 0.0322. The third-order valence-corrected chi connectivity index (χ3v) is 6.11. The SMILES string of the molecule is COCc1ccnc(C(=O)N2CC(C)(c3ccc(OCc4ccc(C)cc4)c(C)c3)C2)c1. The Kier molecular flexibility index (Phi) is 6.28. The van der Waals surface area contributed by atoms with E-state index < -0.39 is 0 Å². The van der Waals surface area contributed by atoms with Gasteiger partial charge in [-0.15, -0.1) is 0 Å². The number of nitrogens with zero attached hydrogens (tertiary/aromatic N) is 2. The number of hydrogen-bond acceptors (Lipinski definition) is 4. The lowest BCUT2D eigenvalue weighted by Gasteiger charge is -2.48. The first-order valence-electron chi connectivity index (χ1n) is 10.9. The van der Waals surface area contributed by atoms with Crippen molar-refractivity contribution in [1.82, 2.24) is 9.88 Å². The van der Waals surface area contributed by atoms with E-state index >= 15 is 0 Å². The van der Waals surface area contributed by atoms with E-state index in [0.29, 0.717) is 32.0 Å². The minimum atomic E-state index is -0.0694. The van der Waals surface area contributed by atoms with Crippen LogP contribution in [0.25, 0.3) is 0 Å². The summed E-state index contributed by atoms with van der Waals surface area (Å²) in [6.45, 7) is 8.72. The summed E-state index contributed by atoms with van der Waals surface area (Å²) < 4.78 is 11.2. The van der Waals surface area contributed by atoms with Crippen molar-refractivity contribution in [2.75, 3.05) is 20.2 Å². The Labute approximate surface area is 190 Å². The fraction of sp³-hybridized carbons (Fsp3) is 0.333. The molecule has 0 atom stereocenters. The van der Waals surface area contributed by atoms with Crippen LogP contribution >= 0.6 is 0 Å². The molecule has 0 spiro atoms. The first-order valence-corrected chi connectivity index (χ1v) is 10.9. The molecule has 1 fully saturated rings. The number of hydrogen-bond donors (Lipinski definition) is 0. The number of benzene rings is 2. The Morgan fingerprint density at radius 3 is 2.44 bits per heavy atom. The summed E-state index contributed by atoms with van der Waals surface area (Å²) in [7, 11) is 1.64. The van der Waals surface area contributed by atoms with E-state index in [-0.39, 0.29) is 11.3 Å². The number of methoxy groups -OCH3 is 1. The predicted octanol–water partition coefficient (Wildman–Crippen LogP) is 4.84. The second kappa shape index (κ2) is 9.13. The summed E-state index contributed by atoms with van der Waals surface area (Å²) in [5, 5.41) is 0. The Morgan fingerprint density at radius 2 is 1.75 bits per heavy atom. The van der Waals surface area contributed by atoms with Gasteiger partial charge in [-0.1, -0.05) is 48.9 Å². The van der Waals surface area contributed by atoms with Gasteiger partial charge in [-0.2, -0.15) is 0 Å². The number of aryl methyl sites for hydroxylation is 2. The summed E-state index contributed by atoms with van der Waals surface area (Å²) >= 11 is 0. The lowest BCUT2D eigenvalue weighted by molar-refractivity contribution is 0.0427. The molecule has 0 N–H and O–H groups in total. The first kappa shape index (κ1) is 22.0. The number of carbonyl (C=O) groups excluding carboxylic acids is 1. The summed E-state index contributed by atoms with van der Waals surface area (Å²) in [6.07, 6.45) is 1.67. The summed E-state index contributed by atoms with van der Waals surface area (Å²) in [4.78, 5) is 19.0. The average molecular weight is 431 g/mol. The monoisotopic (exact) mass is 430 g/mol. The molecule has 32 heavy (non-hydrogen) atoms. The van der Waals surface area contributed by atoms with Crippen molar-refractivity contribution in [3.63, 3.8) is 0 Å². The average Bonchev–Trinajstić information content (AvgIpc) is 2.77. The van der Waals surface area contributed by atoms with Crippen molar-refractivity contribution in [1.29, 1.82) is 0 Å². The van der Waals surface area contributed by atoms with Crippen LogP contribution in [0, 0.1) is 13.8 Å². The number of ether oxygens (including phenoxy) is 2. The Hall–Kier alpha value is -3.18. The van der Waals surface area contributed by atoms with Crippen LogP contribution in [0.4, 0.5) is 0 Å². The van der Waals surface area contributed by atoms with Crippen molar-refractivity contribution in [3.05, 3.63) is 94.3 Å². The molecule has 1 aliphatic heterocycles. The van der Waals surface area contributed by atoms with Crippen LogP contribution in [-0.4, -0.2) is 36.0 Å². The van der Waals surface area contributed by atoms with Gasteiger partial charge in [0.15, 0.2) is 0 Å². The molecular weight excluding hydrogens is 400 g/mol. The third kappa shape index (κ3) is 4.68. The molecule has 3 aromatic rings. The second-order valence-corrected chi connectivity index (χ2v) is 8.96. The number of amides is 1. The zero-order valence-corrected chi connectivity index (χ0v) is 19.2. The van der Waals surface area contributed by atoms with Crippen molar-refractivity contribution in [2.45, 2.75) is 39.4 Å². The molecule has 5 heteroatoms. The van der Waals surface area contributed by atoms with Gasteiger partial charge in [0.2, 0.25) is 0 Å². The Balaban J connectivity index is 1.39. The van der Waals surface area contributed by atoms with Crippen LogP contribution in [0.5, 0.6) is 5.75 Å². The molecule has 0 radical (unpaired) electrons. The molecule has 0 unspecified atom stereocenters. The van der Waals surface area contributed by atoms with E-state index in [2.05, 4.69) is 62.2 Å². The van der Waals surface area contributed by atoms with Gasteiger partial charge in [-0.25, -0.2) is 0 Å². The highest BCUT2D eigenvalue weighted by Crippen LogP contribution is 2.37. The van der Waals surface area contributed by atoms with Gasteiger partial charge >= 0.3 is 0 Å². The standard InChI is InChI=1S/C27H30N2O3/c1-19-5-7-21(8-6-19)16-32-25-10-9-23(13-20(25)2)27(3)17-29(18-27)26(30)24-14-22(15-31-4)11-12-28-24/h5-14H,15-18H2,1-4H3. The van der Waals surface area contributed by atoms with E-state index in [1.54, 1.807) is 13.3 Å². The molecular formula is C27H30N2O3. The Bertz CT molecular complexity index is 1100. The van der Waals surface area contributed by atoms with E-state index in [9.17, 15) is 4.79 Å². The molecule has 2 aromatic carbocycles. The molecule has 0 aliphatic carbocycles. The van der Waals surface area contributed by atoms with Gasteiger partial charge in [-0.05, 0) is 54.3 Å². The molecule has 4 rings (SSSR count). The smallest absolute Gasteiger partial charge is 0.272 e.